The smallest absolute Gasteiger partial charge is 0.124 e. The fraction of sp³-hybridized carbons (Fsp3) is 0.571. The minimum atomic E-state index is 0.351. The summed E-state index contributed by atoms with van der Waals surface area (Å²) in [6, 6.07) is 0. The molecular weight excluding hydrogens is 184 g/mol. The van der Waals surface area contributed by atoms with Crippen LogP contribution < -0.4 is 0 Å². The summed E-state index contributed by atoms with van der Waals surface area (Å²) in [6.07, 6.45) is 18.7. The Morgan fingerprint density at radius 1 is 1.33 bits per heavy atom. The third-order valence-corrected chi connectivity index (χ3v) is 4.65. The molecule has 0 aromatic carbocycles. The van der Waals surface area contributed by atoms with Crippen LogP contribution in [0.1, 0.15) is 25.7 Å². The van der Waals surface area contributed by atoms with E-state index in [0.717, 1.165) is 5.92 Å². The highest BCUT2D eigenvalue weighted by Crippen LogP contribution is 2.57. The summed E-state index contributed by atoms with van der Waals surface area (Å²) in [4.78, 5) is 0. The summed E-state index contributed by atoms with van der Waals surface area (Å²) in [6.45, 7) is 0. The second-order valence-corrected chi connectivity index (χ2v) is 5.42. The van der Waals surface area contributed by atoms with Crippen molar-refractivity contribution in [2.75, 3.05) is 0 Å². The van der Waals surface area contributed by atoms with Crippen molar-refractivity contribution in [3.8, 4) is 0 Å². The molecule has 2 aliphatic heterocycles. The fourth-order valence-electron chi connectivity index (χ4n) is 3.71. The molecule has 0 spiro atoms. The Labute approximate surface area is 91.2 Å². The maximum absolute atomic E-state index is 5.83. The topological polar surface area (TPSA) is 9.23 Å². The van der Waals surface area contributed by atoms with E-state index >= 15 is 0 Å². The second-order valence-electron chi connectivity index (χ2n) is 5.42. The van der Waals surface area contributed by atoms with E-state index in [0.29, 0.717) is 17.4 Å². The zero-order chi connectivity index (χ0) is 9.88. The van der Waals surface area contributed by atoms with Gasteiger partial charge in [0.25, 0.3) is 0 Å². The Balaban J connectivity index is 1.69. The van der Waals surface area contributed by atoms with E-state index in [1.165, 1.54) is 31.8 Å². The maximum atomic E-state index is 5.83. The predicted molar refractivity (Wildman–Crippen MR) is 58.6 cm³/mol. The third-order valence-electron chi connectivity index (χ3n) is 4.65. The predicted octanol–water partition coefficient (Wildman–Crippen LogP) is 3.05. The first-order valence-electron chi connectivity index (χ1n) is 6.11. The fourth-order valence-corrected chi connectivity index (χ4v) is 3.71. The molecule has 4 bridgehead atoms. The molecule has 0 aromatic rings. The van der Waals surface area contributed by atoms with Gasteiger partial charge in [-0.15, -0.1) is 0 Å². The lowest BCUT2D eigenvalue weighted by Gasteiger charge is -2.46. The van der Waals surface area contributed by atoms with Crippen molar-refractivity contribution in [3.63, 3.8) is 0 Å². The second kappa shape index (κ2) is 2.76. The lowest BCUT2D eigenvalue weighted by atomic mass is 9.57. The average Bonchev–Trinajstić information content (AvgIpc) is 2.93. The molecule has 0 amide bonds. The molecule has 2 heterocycles. The molecule has 2 fully saturated rings. The minimum absolute atomic E-state index is 0.351. The molecule has 15 heavy (non-hydrogen) atoms. The van der Waals surface area contributed by atoms with Crippen molar-refractivity contribution in [1.29, 1.82) is 0 Å². The van der Waals surface area contributed by atoms with Gasteiger partial charge < -0.3 is 4.74 Å². The maximum Gasteiger partial charge on any atom is 0.124 e. The van der Waals surface area contributed by atoms with E-state index in [4.69, 9.17) is 4.74 Å². The van der Waals surface area contributed by atoms with Gasteiger partial charge in [-0.3, -0.25) is 0 Å². The normalized spacial score (nSPS) is 51.9. The van der Waals surface area contributed by atoms with Gasteiger partial charge in [0, 0.05) is 5.92 Å². The largest absolute Gasteiger partial charge is 0.360 e. The summed E-state index contributed by atoms with van der Waals surface area (Å²) in [5, 5.41) is 0. The van der Waals surface area contributed by atoms with Gasteiger partial charge in [0.2, 0.25) is 0 Å². The lowest BCUT2D eigenvalue weighted by molar-refractivity contribution is 0.150. The van der Waals surface area contributed by atoms with Gasteiger partial charge in [-0.25, -0.2) is 0 Å². The summed E-state index contributed by atoms with van der Waals surface area (Å²) in [5.41, 5.74) is 0.351. The van der Waals surface area contributed by atoms with Crippen molar-refractivity contribution in [2.24, 2.45) is 17.3 Å². The van der Waals surface area contributed by atoms with Crippen LogP contribution in [0.3, 0.4) is 0 Å². The minimum Gasteiger partial charge on any atom is -0.360 e. The van der Waals surface area contributed by atoms with E-state index in [-0.39, 0.29) is 0 Å². The van der Waals surface area contributed by atoms with Crippen LogP contribution in [0, 0.1) is 29.8 Å². The Kier molecular flexibility index (Phi) is 1.58. The molecule has 1 heteroatoms. The summed E-state index contributed by atoms with van der Waals surface area (Å²) >= 11 is 0. The quantitative estimate of drug-likeness (QED) is 0.591. The van der Waals surface area contributed by atoms with Gasteiger partial charge in [-0.05, 0) is 43.4 Å². The van der Waals surface area contributed by atoms with E-state index < -0.39 is 0 Å². The lowest BCUT2D eigenvalue weighted by Crippen LogP contribution is -2.38. The molecule has 1 nitrogen and oxygen atoms in total. The van der Waals surface area contributed by atoms with Gasteiger partial charge in [0.1, 0.15) is 6.10 Å². The third kappa shape index (κ3) is 1.08. The zero-order valence-electron chi connectivity index (χ0n) is 8.86. The number of hydrogen-bond acceptors (Lipinski definition) is 1. The summed E-state index contributed by atoms with van der Waals surface area (Å²) < 4.78 is 5.83. The highest BCUT2D eigenvalue weighted by Gasteiger charge is 2.51. The van der Waals surface area contributed by atoms with Crippen LogP contribution in [0.4, 0.5) is 0 Å². The van der Waals surface area contributed by atoms with E-state index in [2.05, 4.69) is 30.7 Å². The van der Waals surface area contributed by atoms with Gasteiger partial charge in [-0.2, -0.15) is 0 Å². The molecule has 1 saturated carbocycles. The first-order chi connectivity index (χ1) is 7.36. The number of rotatable bonds is 1. The Morgan fingerprint density at radius 2 is 2.33 bits per heavy atom. The molecule has 2 radical (unpaired) electrons. The van der Waals surface area contributed by atoms with Crippen LogP contribution in [-0.4, -0.2) is 6.10 Å². The van der Waals surface area contributed by atoms with Crippen LogP contribution in [-0.2, 0) is 4.74 Å². The number of ether oxygens (including phenoxy) is 1. The van der Waals surface area contributed by atoms with Crippen molar-refractivity contribution in [1.82, 2.24) is 0 Å². The molecule has 0 aromatic heterocycles. The SMILES string of the molecule is [CH]1CC2C=CC1(C1CC3C=C[C]1O3)CC2. The average molecular weight is 200 g/mol. The van der Waals surface area contributed by atoms with E-state index in [1.807, 2.05) is 0 Å². The first-order valence-corrected chi connectivity index (χ1v) is 6.11. The van der Waals surface area contributed by atoms with Crippen molar-refractivity contribution in [3.05, 3.63) is 36.8 Å². The van der Waals surface area contributed by atoms with Crippen molar-refractivity contribution < 1.29 is 4.74 Å². The van der Waals surface area contributed by atoms with Gasteiger partial charge >= 0.3 is 0 Å². The van der Waals surface area contributed by atoms with Crippen LogP contribution in [0.25, 0.3) is 0 Å². The molecule has 4 unspecified atom stereocenters. The van der Waals surface area contributed by atoms with E-state index in [1.54, 1.807) is 0 Å². The summed E-state index contributed by atoms with van der Waals surface area (Å²) in [7, 11) is 0. The van der Waals surface area contributed by atoms with Crippen LogP contribution >= 0.6 is 0 Å². The van der Waals surface area contributed by atoms with Crippen molar-refractivity contribution >= 4 is 0 Å². The van der Waals surface area contributed by atoms with Gasteiger partial charge in [-0.1, -0.05) is 24.3 Å². The molecule has 78 valence electrons. The zero-order valence-corrected chi connectivity index (χ0v) is 8.86. The molecule has 3 aliphatic carbocycles. The molecule has 5 rings (SSSR count). The highest BCUT2D eigenvalue weighted by molar-refractivity contribution is 5.31. The number of allylic oxidation sites excluding steroid dienone is 2. The van der Waals surface area contributed by atoms with Gasteiger partial charge in [0.05, 0.1) is 6.10 Å². The highest BCUT2D eigenvalue weighted by atomic mass is 16.5. The Hall–Kier alpha value is -0.560. The molecule has 5 aliphatic rings. The Bertz CT molecular complexity index is 333. The van der Waals surface area contributed by atoms with Crippen LogP contribution in [0.2, 0.25) is 0 Å². The van der Waals surface area contributed by atoms with Gasteiger partial charge in [0.15, 0.2) is 0 Å². The van der Waals surface area contributed by atoms with Crippen LogP contribution in [0.15, 0.2) is 24.3 Å². The standard InChI is InChI=1S/C14H16O/c1-2-13-12(9-11(1)15-13)14-6-3-10(4-7-14)5-8-14/h1-3,6-7,10-12H,4-5,8-9H2. The van der Waals surface area contributed by atoms with E-state index in [9.17, 15) is 0 Å². The summed E-state index contributed by atoms with van der Waals surface area (Å²) in [5.74, 6) is 1.48. The number of hydrogen-bond donors (Lipinski definition) is 0. The first kappa shape index (κ1) is 8.58. The van der Waals surface area contributed by atoms with Crippen LogP contribution in [0.5, 0.6) is 0 Å². The van der Waals surface area contributed by atoms with Crippen molar-refractivity contribution in [2.45, 2.75) is 31.8 Å². The Morgan fingerprint density at radius 3 is 2.87 bits per heavy atom. The molecule has 1 saturated heterocycles. The monoisotopic (exact) mass is 200 g/mol. The molecule has 0 N–H and O–H groups in total. The number of fused-ring (bicyclic) bond motifs is 4. The molecule has 4 atom stereocenters. The molecular formula is C14H16O.